The van der Waals surface area contributed by atoms with Crippen LogP contribution in [0.1, 0.15) is 48.2 Å². The summed E-state index contributed by atoms with van der Waals surface area (Å²) < 4.78 is 22.3. The molecule has 0 radical (unpaired) electrons. The van der Waals surface area contributed by atoms with Gasteiger partial charge in [-0.2, -0.15) is 0 Å². The number of anilines is 1. The number of carbonyl (C=O) groups is 2. The van der Waals surface area contributed by atoms with Crippen molar-refractivity contribution in [1.82, 2.24) is 4.57 Å². The zero-order valence-corrected chi connectivity index (χ0v) is 21.6. The number of carbonyl (C=O) groups excluding carboxylic acids is 1. The first-order valence-corrected chi connectivity index (χ1v) is 12.2. The minimum Gasteiger partial charge on any atom is -0.496 e. The molecule has 2 aromatic carbocycles. The van der Waals surface area contributed by atoms with Crippen LogP contribution in [0.2, 0.25) is 5.02 Å². The molecule has 1 aliphatic heterocycles. The summed E-state index contributed by atoms with van der Waals surface area (Å²) in [7, 11) is 1.44. The Hall–Kier alpha value is -3.43. The van der Waals surface area contributed by atoms with Gasteiger partial charge in [0, 0.05) is 61.3 Å². The van der Waals surface area contributed by atoms with Crippen molar-refractivity contribution in [2.24, 2.45) is 5.41 Å². The number of aromatic nitrogens is 1. The van der Waals surface area contributed by atoms with E-state index in [0.717, 1.165) is 0 Å². The molecular formula is C27H28ClFN2O6. The maximum absolute atomic E-state index is 15.1. The minimum atomic E-state index is -1.37. The van der Waals surface area contributed by atoms with Crippen molar-refractivity contribution < 1.29 is 28.9 Å². The summed E-state index contributed by atoms with van der Waals surface area (Å²) >= 11 is 6.17. The summed E-state index contributed by atoms with van der Waals surface area (Å²) in [5.74, 6) is -1.73. The highest BCUT2D eigenvalue weighted by molar-refractivity contribution is 6.31. The van der Waals surface area contributed by atoms with Crippen LogP contribution in [0.25, 0.3) is 10.9 Å². The molecule has 196 valence electrons. The van der Waals surface area contributed by atoms with Crippen LogP contribution in [-0.4, -0.2) is 46.9 Å². The van der Waals surface area contributed by atoms with Crippen molar-refractivity contribution in [2.45, 2.75) is 39.7 Å². The Morgan fingerprint density at radius 1 is 1.19 bits per heavy atom. The number of halogens is 2. The van der Waals surface area contributed by atoms with Crippen molar-refractivity contribution in [2.75, 3.05) is 25.2 Å². The van der Waals surface area contributed by atoms with Crippen LogP contribution in [0.3, 0.4) is 0 Å². The Balaban J connectivity index is 1.88. The fourth-order valence-corrected chi connectivity index (χ4v) is 4.86. The summed E-state index contributed by atoms with van der Waals surface area (Å²) in [5, 5.41) is 19.4. The van der Waals surface area contributed by atoms with Crippen LogP contribution >= 0.6 is 11.6 Å². The lowest BCUT2D eigenvalue weighted by atomic mass is 9.94. The molecule has 0 saturated carbocycles. The maximum Gasteiger partial charge on any atom is 0.341 e. The standard InChI is InChI=1S/C27H28ClFN2O6/c1-27(2,14-32)13-30-12-19(26(35)36)25(34)18-9-15(22(37-3)11-21(18)30)7-16-8-17(10-20(28)24(16)29)31-6-4-5-23(31)33/h8-12,32H,4-7,13-14H2,1-3H3,(H,35,36). The first-order valence-electron chi connectivity index (χ1n) is 11.8. The molecule has 1 saturated heterocycles. The number of aliphatic hydroxyl groups excluding tert-OH is 1. The number of aliphatic hydroxyl groups is 1. The van der Waals surface area contributed by atoms with Crippen molar-refractivity contribution in [3.63, 3.8) is 0 Å². The van der Waals surface area contributed by atoms with Gasteiger partial charge in [0.25, 0.3) is 0 Å². The van der Waals surface area contributed by atoms with E-state index in [1.54, 1.807) is 21.6 Å². The van der Waals surface area contributed by atoms with Gasteiger partial charge in [-0.3, -0.25) is 9.59 Å². The molecule has 0 unspecified atom stereocenters. The normalized spacial score (nSPS) is 14.0. The first-order chi connectivity index (χ1) is 17.5. The molecular weight excluding hydrogens is 503 g/mol. The van der Waals surface area contributed by atoms with Crippen LogP contribution in [0, 0.1) is 11.2 Å². The maximum atomic E-state index is 15.1. The lowest BCUT2D eigenvalue weighted by Gasteiger charge is -2.25. The van der Waals surface area contributed by atoms with Crippen LogP contribution in [-0.2, 0) is 17.8 Å². The number of nitrogens with zero attached hydrogens (tertiary/aromatic N) is 2. The highest BCUT2D eigenvalue weighted by atomic mass is 35.5. The molecule has 37 heavy (non-hydrogen) atoms. The third-order valence-electron chi connectivity index (χ3n) is 6.59. The molecule has 1 fully saturated rings. The van der Waals surface area contributed by atoms with E-state index in [9.17, 15) is 24.6 Å². The van der Waals surface area contributed by atoms with E-state index in [1.165, 1.54) is 25.4 Å². The SMILES string of the molecule is COc1cc2c(cc1Cc1cc(N3CCCC3=O)cc(Cl)c1F)c(=O)c(C(=O)O)cn2CC(C)(C)CO. The predicted molar refractivity (Wildman–Crippen MR) is 138 cm³/mol. The smallest absolute Gasteiger partial charge is 0.341 e. The lowest BCUT2D eigenvalue weighted by Crippen LogP contribution is -2.27. The van der Waals surface area contributed by atoms with E-state index >= 15 is 4.39 Å². The van der Waals surface area contributed by atoms with Crippen molar-refractivity contribution in [3.8, 4) is 5.75 Å². The van der Waals surface area contributed by atoms with Gasteiger partial charge in [-0.15, -0.1) is 0 Å². The number of ether oxygens (including phenoxy) is 1. The summed E-state index contributed by atoms with van der Waals surface area (Å²) in [6.07, 6.45) is 2.36. The Bertz CT molecular complexity index is 1470. The van der Waals surface area contributed by atoms with Gasteiger partial charge in [-0.25, -0.2) is 9.18 Å². The van der Waals surface area contributed by atoms with E-state index in [2.05, 4.69) is 0 Å². The third-order valence-corrected chi connectivity index (χ3v) is 6.87. The summed E-state index contributed by atoms with van der Waals surface area (Å²) in [4.78, 5) is 38.8. The second-order valence-electron chi connectivity index (χ2n) is 10.0. The Morgan fingerprint density at radius 2 is 1.92 bits per heavy atom. The molecule has 0 spiro atoms. The van der Waals surface area contributed by atoms with Crippen molar-refractivity contribution in [3.05, 3.63) is 68.2 Å². The first kappa shape index (κ1) is 26.6. The van der Waals surface area contributed by atoms with E-state index < -0.39 is 28.2 Å². The number of carboxylic acids is 1. The topological polar surface area (TPSA) is 109 Å². The third kappa shape index (κ3) is 5.19. The monoisotopic (exact) mass is 530 g/mol. The van der Waals surface area contributed by atoms with Gasteiger partial charge < -0.3 is 24.4 Å². The summed E-state index contributed by atoms with van der Waals surface area (Å²) in [6, 6.07) is 6.09. The second-order valence-corrected chi connectivity index (χ2v) is 10.4. The van der Waals surface area contributed by atoms with Crippen molar-refractivity contribution in [1.29, 1.82) is 0 Å². The molecule has 1 aliphatic rings. The molecule has 0 bridgehead atoms. The number of aromatic carboxylic acids is 1. The van der Waals surface area contributed by atoms with E-state index in [4.69, 9.17) is 16.3 Å². The predicted octanol–water partition coefficient (Wildman–Crippen LogP) is 4.24. The van der Waals surface area contributed by atoms with E-state index in [1.807, 2.05) is 13.8 Å². The van der Waals surface area contributed by atoms with Gasteiger partial charge in [0.1, 0.15) is 17.1 Å². The van der Waals surface area contributed by atoms with Crippen LogP contribution in [0.4, 0.5) is 10.1 Å². The molecule has 1 amide bonds. The van der Waals surface area contributed by atoms with Gasteiger partial charge >= 0.3 is 5.97 Å². The molecule has 10 heteroatoms. The van der Waals surface area contributed by atoms with E-state index in [-0.39, 0.29) is 41.5 Å². The average Bonchev–Trinajstić information content (AvgIpc) is 3.28. The zero-order valence-electron chi connectivity index (χ0n) is 20.8. The fraction of sp³-hybridized carbons (Fsp3) is 0.370. The molecule has 3 aromatic rings. The van der Waals surface area contributed by atoms with Crippen molar-refractivity contribution >= 4 is 40.1 Å². The molecule has 0 atom stereocenters. The number of amides is 1. The number of pyridine rings is 1. The number of fused-ring (bicyclic) bond motifs is 1. The lowest BCUT2D eigenvalue weighted by molar-refractivity contribution is -0.117. The Kier molecular flexibility index (Phi) is 7.30. The van der Waals surface area contributed by atoms with Gasteiger partial charge in [0.2, 0.25) is 11.3 Å². The van der Waals surface area contributed by atoms with E-state index in [0.29, 0.717) is 41.9 Å². The average molecular weight is 531 g/mol. The quantitative estimate of drug-likeness (QED) is 0.451. The molecule has 4 rings (SSSR count). The van der Waals surface area contributed by atoms with Crippen LogP contribution < -0.4 is 15.1 Å². The fourth-order valence-electron chi connectivity index (χ4n) is 4.63. The largest absolute Gasteiger partial charge is 0.496 e. The second kappa shape index (κ2) is 10.1. The van der Waals surface area contributed by atoms with Crippen LogP contribution in [0.15, 0.2) is 35.3 Å². The summed E-state index contributed by atoms with van der Waals surface area (Å²) in [5.41, 5.74) is -0.131. The van der Waals surface area contributed by atoms with Gasteiger partial charge in [-0.1, -0.05) is 25.4 Å². The van der Waals surface area contributed by atoms with Gasteiger partial charge in [-0.05, 0) is 35.7 Å². The summed E-state index contributed by atoms with van der Waals surface area (Å²) in [6.45, 7) is 4.22. The molecule has 2 heterocycles. The number of hydrogen-bond donors (Lipinski definition) is 2. The highest BCUT2D eigenvalue weighted by Gasteiger charge is 2.25. The molecule has 0 aliphatic carbocycles. The number of rotatable bonds is 8. The highest BCUT2D eigenvalue weighted by Crippen LogP contribution is 2.33. The minimum absolute atomic E-state index is 0.0145. The number of carboxylic acid groups (broad SMARTS) is 1. The number of benzene rings is 2. The van der Waals surface area contributed by atoms with Gasteiger partial charge in [0.15, 0.2) is 0 Å². The number of hydrogen-bond acceptors (Lipinski definition) is 5. The Morgan fingerprint density at radius 3 is 2.51 bits per heavy atom. The molecule has 8 nitrogen and oxygen atoms in total. The molecule has 2 N–H and O–H groups in total. The van der Waals surface area contributed by atoms with Crippen LogP contribution in [0.5, 0.6) is 5.75 Å². The molecule has 1 aromatic heterocycles. The Labute approximate surface area is 217 Å². The van der Waals surface area contributed by atoms with Gasteiger partial charge in [0.05, 0.1) is 17.6 Å². The zero-order chi connectivity index (χ0) is 27.1. The number of methoxy groups -OCH3 is 1.